The van der Waals surface area contributed by atoms with E-state index < -0.39 is 12.1 Å². The van der Waals surface area contributed by atoms with Crippen LogP contribution >= 0.6 is 0 Å². The van der Waals surface area contributed by atoms with Gasteiger partial charge in [0.2, 0.25) is 0 Å². The molecule has 0 radical (unpaired) electrons. The molecule has 9 nitrogen and oxygen atoms in total. The predicted octanol–water partition coefficient (Wildman–Crippen LogP) is 0.483. The summed E-state index contributed by atoms with van der Waals surface area (Å²) in [4.78, 5) is 23.6. The number of nitrogens with zero attached hydrogens (tertiary/aromatic N) is 4. The number of carbonyl (C=O) groups is 2. The van der Waals surface area contributed by atoms with E-state index in [1.165, 1.54) is 0 Å². The lowest BCUT2D eigenvalue weighted by molar-refractivity contribution is -0.135. The van der Waals surface area contributed by atoms with Gasteiger partial charge in [-0.15, -0.1) is 0 Å². The summed E-state index contributed by atoms with van der Waals surface area (Å²) in [5, 5.41) is 14.5. The van der Waals surface area contributed by atoms with Crippen molar-refractivity contribution >= 4 is 17.8 Å². The van der Waals surface area contributed by atoms with Crippen molar-refractivity contribution in [2.24, 2.45) is 10.2 Å². The van der Waals surface area contributed by atoms with Gasteiger partial charge in [-0.1, -0.05) is 5.11 Å². The van der Waals surface area contributed by atoms with Crippen LogP contribution in [-0.4, -0.2) is 36.0 Å². The molecule has 15 heavy (non-hydrogen) atoms. The van der Waals surface area contributed by atoms with Gasteiger partial charge in [-0.05, 0) is 12.5 Å². The quantitative estimate of drug-likeness (QED) is 0.172. The van der Waals surface area contributed by atoms with Crippen molar-refractivity contribution < 1.29 is 19.4 Å². The van der Waals surface area contributed by atoms with E-state index in [1.807, 2.05) is 0 Å². The number of rotatable bonds is 5. The molecule has 0 aliphatic carbocycles. The summed E-state index contributed by atoms with van der Waals surface area (Å²) in [7, 11) is 0. The second-order valence-electron chi connectivity index (χ2n) is 2.08. The molecule has 0 atom stereocenters. The Balaban J connectivity index is 4.55. The van der Waals surface area contributed by atoms with Gasteiger partial charge >= 0.3 is 12.1 Å². The molecule has 0 aliphatic rings. The van der Waals surface area contributed by atoms with Crippen molar-refractivity contribution in [1.29, 1.82) is 0 Å². The Morgan fingerprint density at radius 2 is 2.27 bits per heavy atom. The van der Waals surface area contributed by atoms with Crippen LogP contribution in [0.25, 0.3) is 10.4 Å². The Labute approximate surface area is 84.3 Å². The molecule has 0 aromatic carbocycles. The Morgan fingerprint density at radius 3 is 2.73 bits per heavy atom. The lowest BCUT2D eigenvalue weighted by Crippen LogP contribution is -2.25. The molecule has 9 heteroatoms. The van der Waals surface area contributed by atoms with Gasteiger partial charge in [0.15, 0.2) is 5.71 Å². The maximum Gasteiger partial charge on any atom is 0.425 e. The molecule has 0 saturated carbocycles. The lowest BCUT2D eigenvalue weighted by Gasteiger charge is -2.02. The van der Waals surface area contributed by atoms with E-state index in [0.717, 1.165) is 0 Å². The van der Waals surface area contributed by atoms with E-state index >= 15 is 0 Å². The maximum atomic E-state index is 11.1. The number of hydrogen-bond acceptors (Lipinski definition) is 5. The molecule has 0 unspecified atom stereocenters. The number of carboxylic acid groups (broad SMARTS) is 1. The maximum absolute atomic E-state index is 11.1. The standard InChI is InChI=1S/C6H9N5O4/c1-2-15-5(12)4(3-8-11-7)9-10-6(13)14/h10H,2-3H2,1H3,(H,13,14). The molecule has 0 aromatic heterocycles. The first-order valence-electron chi connectivity index (χ1n) is 3.85. The first kappa shape index (κ1) is 12.7. The molecule has 0 saturated heterocycles. The molecule has 0 heterocycles. The molecule has 0 bridgehead atoms. The molecule has 0 spiro atoms. The molecular weight excluding hydrogens is 206 g/mol. The van der Waals surface area contributed by atoms with Crippen LogP contribution in [0.3, 0.4) is 0 Å². The number of amides is 1. The van der Waals surface area contributed by atoms with Crippen LogP contribution in [0.15, 0.2) is 10.2 Å². The molecule has 0 rings (SSSR count). The SMILES string of the molecule is CCOC(=O)C(CN=[N+]=[N-])=NNC(=O)O. The minimum Gasteiger partial charge on any atom is -0.464 e. The Morgan fingerprint density at radius 1 is 1.60 bits per heavy atom. The number of azide groups is 1. The summed E-state index contributed by atoms with van der Waals surface area (Å²) in [6, 6.07) is 0. The van der Waals surface area contributed by atoms with E-state index in [0.29, 0.717) is 0 Å². The Hall–Kier alpha value is -2.28. The first-order valence-corrected chi connectivity index (χ1v) is 3.85. The number of hydrogen-bond donors (Lipinski definition) is 2. The zero-order chi connectivity index (χ0) is 11.7. The number of ether oxygens (including phenoxy) is 1. The van der Waals surface area contributed by atoms with Gasteiger partial charge in [0, 0.05) is 4.91 Å². The van der Waals surface area contributed by atoms with Crippen LogP contribution in [0, 0.1) is 0 Å². The van der Waals surface area contributed by atoms with Gasteiger partial charge < -0.3 is 9.84 Å². The minimum atomic E-state index is -1.43. The number of carbonyl (C=O) groups excluding carboxylic acids is 1. The molecule has 0 aromatic rings. The smallest absolute Gasteiger partial charge is 0.425 e. The van der Waals surface area contributed by atoms with Crippen LogP contribution in [0.4, 0.5) is 4.79 Å². The fourth-order valence-corrected chi connectivity index (χ4v) is 0.574. The highest BCUT2D eigenvalue weighted by atomic mass is 16.5. The first-order chi connectivity index (χ1) is 7.11. The number of nitrogens with one attached hydrogen (secondary N) is 1. The van der Waals surface area contributed by atoms with E-state index in [-0.39, 0.29) is 18.9 Å². The zero-order valence-electron chi connectivity index (χ0n) is 7.88. The van der Waals surface area contributed by atoms with Crippen LogP contribution in [-0.2, 0) is 9.53 Å². The van der Waals surface area contributed by atoms with E-state index in [9.17, 15) is 9.59 Å². The molecular formula is C6H9N5O4. The molecule has 0 aliphatic heterocycles. The summed E-state index contributed by atoms with van der Waals surface area (Å²) in [6.45, 7) is 1.31. The predicted molar refractivity (Wildman–Crippen MR) is 49.2 cm³/mol. The molecule has 82 valence electrons. The van der Waals surface area contributed by atoms with E-state index in [2.05, 4.69) is 19.9 Å². The molecule has 1 amide bonds. The van der Waals surface area contributed by atoms with Crippen molar-refractivity contribution in [2.75, 3.05) is 13.2 Å². The van der Waals surface area contributed by atoms with Gasteiger partial charge in [-0.25, -0.2) is 15.0 Å². The van der Waals surface area contributed by atoms with Crippen LogP contribution in [0.2, 0.25) is 0 Å². The van der Waals surface area contributed by atoms with Crippen molar-refractivity contribution in [3.05, 3.63) is 10.4 Å². The van der Waals surface area contributed by atoms with Gasteiger partial charge in [0.05, 0.1) is 13.2 Å². The Kier molecular flexibility index (Phi) is 6.07. The fourth-order valence-electron chi connectivity index (χ4n) is 0.574. The fraction of sp³-hybridized carbons (Fsp3) is 0.500. The van der Waals surface area contributed by atoms with Gasteiger partial charge in [0.25, 0.3) is 0 Å². The number of esters is 1. The summed E-state index contributed by atoms with van der Waals surface area (Å²) in [6.07, 6.45) is -1.43. The Bertz CT molecular complexity index is 319. The van der Waals surface area contributed by atoms with E-state index in [1.54, 1.807) is 12.3 Å². The van der Waals surface area contributed by atoms with Gasteiger partial charge in [-0.2, -0.15) is 5.10 Å². The normalized spacial score (nSPS) is 10.1. The second kappa shape index (κ2) is 7.15. The van der Waals surface area contributed by atoms with Crippen LogP contribution in [0.1, 0.15) is 6.92 Å². The third kappa shape index (κ3) is 5.88. The monoisotopic (exact) mass is 215 g/mol. The highest BCUT2D eigenvalue weighted by molar-refractivity contribution is 6.37. The van der Waals surface area contributed by atoms with Gasteiger partial charge in [0.1, 0.15) is 0 Å². The zero-order valence-corrected chi connectivity index (χ0v) is 7.88. The minimum absolute atomic E-state index is 0.112. The topological polar surface area (TPSA) is 137 Å². The summed E-state index contributed by atoms with van der Waals surface area (Å²) in [5.41, 5.74) is 9.32. The second-order valence-corrected chi connectivity index (χ2v) is 2.08. The summed E-state index contributed by atoms with van der Waals surface area (Å²) < 4.78 is 4.55. The van der Waals surface area contributed by atoms with Crippen molar-refractivity contribution in [3.8, 4) is 0 Å². The van der Waals surface area contributed by atoms with Crippen molar-refractivity contribution in [1.82, 2.24) is 5.43 Å². The van der Waals surface area contributed by atoms with E-state index in [4.69, 9.17) is 10.6 Å². The summed E-state index contributed by atoms with van der Waals surface area (Å²) >= 11 is 0. The highest BCUT2D eigenvalue weighted by Crippen LogP contribution is 1.87. The average molecular weight is 215 g/mol. The summed E-state index contributed by atoms with van der Waals surface area (Å²) in [5.74, 6) is -0.835. The van der Waals surface area contributed by atoms with Crippen LogP contribution in [0.5, 0.6) is 0 Å². The van der Waals surface area contributed by atoms with Crippen LogP contribution < -0.4 is 5.43 Å². The molecule has 2 N–H and O–H groups in total. The third-order valence-electron chi connectivity index (χ3n) is 1.08. The largest absolute Gasteiger partial charge is 0.464 e. The lowest BCUT2D eigenvalue weighted by atomic mass is 10.4. The van der Waals surface area contributed by atoms with Gasteiger partial charge in [-0.3, -0.25) is 0 Å². The van der Waals surface area contributed by atoms with Crippen molar-refractivity contribution in [2.45, 2.75) is 6.92 Å². The highest BCUT2D eigenvalue weighted by Gasteiger charge is 2.12. The molecule has 0 fully saturated rings. The average Bonchev–Trinajstić information content (AvgIpc) is 2.17. The van der Waals surface area contributed by atoms with Crippen molar-refractivity contribution in [3.63, 3.8) is 0 Å². The third-order valence-corrected chi connectivity index (χ3v) is 1.08. The number of hydrazone groups is 1.